The molecule has 2 saturated carbocycles. The quantitative estimate of drug-likeness (QED) is 0.729. The van der Waals surface area contributed by atoms with Gasteiger partial charge >= 0.3 is 11.9 Å². The second-order valence-electron chi connectivity index (χ2n) is 4.25. The third-order valence-corrected chi connectivity index (χ3v) is 3.50. The Morgan fingerprint density at radius 2 is 1.33 bits per heavy atom. The van der Waals surface area contributed by atoms with Gasteiger partial charge in [-0.3, -0.25) is 9.59 Å². The number of fused-ring (bicyclic) bond motifs is 1. The number of carbonyl (C=O) groups is 2. The standard InChI is InChI=1S/C9H10F2O4/c10-9(11)5-1-3(7(12)13)4(8(14)15)2-6(5)9/h3-6H,1-2H2,(H,12,13)(H,14,15)/t3-,4?,5?,6?/m0/s1. The summed E-state index contributed by atoms with van der Waals surface area (Å²) < 4.78 is 26.0. The summed E-state index contributed by atoms with van der Waals surface area (Å²) in [6.45, 7) is 0. The van der Waals surface area contributed by atoms with E-state index in [1.165, 1.54) is 0 Å². The molecule has 0 amide bonds. The Morgan fingerprint density at radius 3 is 1.60 bits per heavy atom. The fraction of sp³-hybridized carbons (Fsp3) is 0.778. The fourth-order valence-corrected chi connectivity index (χ4v) is 2.52. The summed E-state index contributed by atoms with van der Waals surface area (Å²) in [5.74, 6) is -9.61. The van der Waals surface area contributed by atoms with Crippen LogP contribution in [0.1, 0.15) is 12.8 Å². The minimum Gasteiger partial charge on any atom is -0.481 e. The van der Waals surface area contributed by atoms with Crippen LogP contribution in [-0.4, -0.2) is 28.1 Å². The zero-order chi connectivity index (χ0) is 11.4. The molecule has 0 saturated heterocycles. The highest BCUT2D eigenvalue weighted by molar-refractivity contribution is 5.80. The van der Waals surface area contributed by atoms with E-state index in [2.05, 4.69) is 0 Å². The molecule has 15 heavy (non-hydrogen) atoms. The van der Waals surface area contributed by atoms with Gasteiger partial charge in [0.05, 0.1) is 11.8 Å². The second kappa shape index (κ2) is 2.90. The Kier molecular flexibility index (Phi) is 1.99. The first-order chi connectivity index (χ1) is 6.85. The molecule has 84 valence electrons. The molecule has 2 rings (SSSR count). The van der Waals surface area contributed by atoms with E-state index in [1.54, 1.807) is 0 Å². The Morgan fingerprint density at radius 1 is 1.00 bits per heavy atom. The van der Waals surface area contributed by atoms with Gasteiger partial charge in [-0.15, -0.1) is 0 Å². The van der Waals surface area contributed by atoms with Gasteiger partial charge in [0.25, 0.3) is 5.92 Å². The van der Waals surface area contributed by atoms with Crippen molar-refractivity contribution in [2.24, 2.45) is 23.7 Å². The lowest BCUT2D eigenvalue weighted by Gasteiger charge is -2.23. The summed E-state index contributed by atoms with van der Waals surface area (Å²) in [5.41, 5.74) is 0. The number of rotatable bonds is 2. The van der Waals surface area contributed by atoms with Gasteiger partial charge in [-0.1, -0.05) is 0 Å². The lowest BCUT2D eigenvalue weighted by molar-refractivity contribution is -0.155. The largest absolute Gasteiger partial charge is 0.481 e. The Balaban J connectivity index is 2.18. The van der Waals surface area contributed by atoms with Crippen LogP contribution in [0.25, 0.3) is 0 Å². The van der Waals surface area contributed by atoms with Gasteiger partial charge in [0.15, 0.2) is 0 Å². The summed E-state index contributed by atoms with van der Waals surface area (Å²) in [5, 5.41) is 17.5. The third-order valence-electron chi connectivity index (χ3n) is 3.50. The molecule has 0 radical (unpaired) electrons. The average Bonchev–Trinajstić information content (AvgIpc) is 2.67. The normalized spacial score (nSPS) is 41.7. The summed E-state index contributed by atoms with van der Waals surface area (Å²) in [6, 6.07) is 0. The zero-order valence-corrected chi connectivity index (χ0v) is 7.69. The summed E-state index contributed by atoms with van der Waals surface area (Å²) in [4.78, 5) is 21.5. The molecule has 2 fully saturated rings. The van der Waals surface area contributed by atoms with Crippen LogP contribution in [0.2, 0.25) is 0 Å². The fourth-order valence-electron chi connectivity index (χ4n) is 2.52. The van der Waals surface area contributed by atoms with Crippen molar-refractivity contribution < 1.29 is 28.6 Å². The predicted molar refractivity (Wildman–Crippen MR) is 43.4 cm³/mol. The van der Waals surface area contributed by atoms with Crippen molar-refractivity contribution in [2.45, 2.75) is 18.8 Å². The number of hydrogen-bond donors (Lipinski definition) is 2. The number of aliphatic carboxylic acids is 2. The Labute approximate surface area is 83.9 Å². The molecule has 4 nitrogen and oxygen atoms in total. The molecular weight excluding hydrogens is 210 g/mol. The molecule has 2 N–H and O–H groups in total. The van der Waals surface area contributed by atoms with E-state index < -0.39 is 41.5 Å². The van der Waals surface area contributed by atoms with Crippen molar-refractivity contribution in [3.8, 4) is 0 Å². The molecular formula is C9H10F2O4. The van der Waals surface area contributed by atoms with Crippen LogP contribution in [-0.2, 0) is 9.59 Å². The molecule has 6 heteroatoms. The van der Waals surface area contributed by atoms with Gasteiger partial charge in [-0.05, 0) is 12.8 Å². The molecule has 0 aromatic heterocycles. The molecule has 0 spiro atoms. The lowest BCUT2D eigenvalue weighted by atomic mass is 9.79. The maximum absolute atomic E-state index is 13.0. The van der Waals surface area contributed by atoms with E-state index >= 15 is 0 Å². The topological polar surface area (TPSA) is 74.6 Å². The van der Waals surface area contributed by atoms with Crippen LogP contribution < -0.4 is 0 Å². The number of carboxylic acids is 2. The van der Waals surface area contributed by atoms with Crippen LogP contribution >= 0.6 is 0 Å². The highest BCUT2D eigenvalue weighted by Crippen LogP contribution is 2.64. The van der Waals surface area contributed by atoms with Crippen molar-refractivity contribution in [3.05, 3.63) is 0 Å². The van der Waals surface area contributed by atoms with Gasteiger partial charge in [0, 0.05) is 11.8 Å². The molecule has 0 aliphatic heterocycles. The molecule has 0 heterocycles. The van der Waals surface area contributed by atoms with Crippen LogP contribution in [0.3, 0.4) is 0 Å². The van der Waals surface area contributed by atoms with E-state index in [0.717, 1.165) is 0 Å². The molecule has 0 bridgehead atoms. The smallest absolute Gasteiger partial charge is 0.307 e. The molecule has 2 aliphatic rings. The van der Waals surface area contributed by atoms with Gasteiger partial charge < -0.3 is 10.2 Å². The van der Waals surface area contributed by atoms with E-state index in [-0.39, 0.29) is 12.8 Å². The number of alkyl halides is 2. The number of carboxylic acid groups (broad SMARTS) is 2. The maximum Gasteiger partial charge on any atom is 0.307 e. The maximum atomic E-state index is 13.0. The van der Waals surface area contributed by atoms with Crippen molar-refractivity contribution in [3.63, 3.8) is 0 Å². The monoisotopic (exact) mass is 220 g/mol. The van der Waals surface area contributed by atoms with E-state index in [4.69, 9.17) is 10.2 Å². The van der Waals surface area contributed by atoms with Crippen molar-refractivity contribution in [1.29, 1.82) is 0 Å². The number of hydrogen-bond acceptors (Lipinski definition) is 2. The molecule has 0 aromatic rings. The second-order valence-corrected chi connectivity index (χ2v) is 4.25. The van der Waals surface area contributed by atoms with Gasteiger partial charge in [-0.25, -0.2) is 8.78 Å². The first-order valence-corrected chi connectivity index (χ1v) is 4.69. The van der Waals surface area contributed by atoms with Gasteiger partial charge in [0.2, 0.25) is 0 Å². The van der Waals surface area contributed by atoms with Crippen molar-refractivity contribution in [1.82, 2.24) is 0 Å². The van der Waals surface area contributed by atoms with Crippen LogP contribution in [0, 0.1) is 23.7 Å². The van der Waals surface area contributed by atoms with Gasteiger partial charge in [0.1, 0.15) is 0 Å². The van der Waals surface area contributed by atoms with E-state index in [1.807, 2.05) is 0 Å². The van der Waals surface area contributed by atoms with Crippen LogP contribution in [0.5, 0.6) is 0 Å². The zero-order valence-electron chi connectivity index (χ0n) is 7.69. The SMILES string of the molecule is O=C(O)C1CC2C(C[C@@H]1C(=O)O)C2(F)F. The molecule has 0 aromatic carbocycles. The predicted octanol–water partition coefficient (Wildman–Crippen LogP) is 1.06. The first-order valence-electron chi connectivity index (χ1n) is 4.69. The summed E-state index contributed by atoms with van der Waals surface area (Å²) in [6.07, 6.45) is -0.437. The molecule has 2 aliphatic carbocycles. The summed E-state index contributed by atoms with van der Waals surface area (Å²) in [7, 11) is 0. The number of halogens is 2. The molecule has 4 atom stereocenters. The average molecular weight is 220 g/mol. The lowest BCUT2D eigenvalue weighted by Crippen LogP contribution is -2.33. The Bertz CT molecular complexity index is 298. The minimum absolute atomic E-state index is 0.218. The highest BCUT2D eigenvalue weighted by atomic mass is 19.3. The first kappa shape index (κ1) is 10.3. The third kappa shape index (κ3) is 1.39. The summed E-state index contributed by atoms with van der Waals surface area (Å²) >= 11 is 0. The van der Waals surface area contributed by atoms with E-state index in [9.17, 15) is 18.4 Å². The van der Waals surface area contributed by atoms with E-state index in [0.29, 0.717) is 0 Å². The van der Waals surface area contributed by atoms with Crippen molar-refractivity contribution in [2.75, 3.05) is 0 Å². The van der Waals surface area contributed by atoms with Crippen molar-refractivity contribution >= 4 is 11.9 Å². The minimum atomic E-state index is -2.85. The van der Waals surface area contributed by atoms with Gasteiger partial charge in [-0.2, -0.15) is 0 Å². The highest BCUT2D eigenvalue weighted by Gasteiger charge is 2.71. The molecule has 3 unspecified atom stereocenters. The van der Waals surface area contributed by atoms with Crippen LogP contribution in [0.4, 0.5) is 8.78 Å². The van der Waals surface area contributed by atoms with Crippen LogP contribution in [0.15, 0.2) is 0 Å². The Hall–Kier alpha value is -1.20.